The molecule has 0 heterocycles. The summed E-state index contributed by atoms with van der Waals surface area (Å²) in [5, 5.41) is 1.31. The van der Waals surface area contributed by atoms with Crippen molar-refractivity contribution in [3.05, 3.63) is 66.2 Å². The van der Waals surface area contributed by atoms with Gasteiger partial charge < -0.3 is 0 Å². The van der Waals surface area contributed by atoms with Gasteiger partial charge in [0.05, 0.1) is 18.6 Å². The number of Topliss-reactive ketones (excluding diaryl/α,β-unsaturated/α-hetero) is 1. The number of carbonyl (C=O) groups is 1. The Morgan fingerprint density at radius 2 is 1.39 bits per heavy atom. The molecule has 0 atom stereocenters. The van der Waals surface area contributed by atoms with Crippen LogP contribution in [0.3, 0.4) is 0 Å². The molecule has 2 heteroatoms. The summed E-state index contributed by atoms with van der Waals surface area (Å²) in [7, 11) is -1.37. The number of ketones is 1. The second-order valence-corrected chi connectivity index (χ2v) is 9.17. The molecule has 0 amide bonds. The van der Waals surface area contributed by atoms with Crippen LogP contribution in [0, 0.1) is 0 Å². The van der Waals surface area contributed by atoms with Crippen LogP contribution in [0.25, 0.3) is 0 Å². The first-order chi connectivity index (χ1) is 8.59. The van der Waals surface area contributed by atoms with Gasteiger partial charge in [-0.05, 0) is 12.1 Å². The first-order valence-corrected chi connectivity index (χ1v) is 8.93. The number of rotatable bonds is 4. The van der Waals surface area contributed by atoms with Crippen LogP contribution in [0.4, 0.5) is 0 Å². The Morgan fingerprint density at radius 3 is 1.94 bits per heavy atom. The number of hydrogen-bond acceptors (Lipinski definition) is 1. The van der Waals surface area contributed by atoms with Gasteiger partial charge in [0.15, 0.2) is 5.78 Å². The van der Waals surface area contributed by atoms with Crippen LogP contribution in [0.1, 0.15) is 10.4 Å². The Hall–Kier alpha value is -1.46. The summed E-state index contributed by atoms with van der Waals surface area (Å²) in [6.07, 6.45) is 0.640. The maximum Gasteiger partial charge on any atom is 0.200 e. The normalized spacial score (nSPS) is 11.2. The van der Waals surface area contributed by atoms with Crippen LogP contribution in [-0.4, -0.2) is 25.3 Å². The monoisotopic (exact) mass is 257 g/mol. The van der Waals surface area contributed by atoms with Crippen LogP contribution in [-0.2, 0) is 0 Å². The molecule has 0 saturated heterocycles. The lowest BCUT2D eigenvalue weighted by Gasteiger charge is -2.17. The molecule has 2 rings (SSSR count). The van der Waals surface area contributed by atoms with Gasteiger partial charge in [-0.25, -0.2) is 0 Å². The van der Waals surface area contributed by atoms with Crippen molar-refractivity contribution in [1.82, 2.24) is 0 Å². The summed E-state index contributed by atoms with van der Waals surface area (Å²) in [6.45, 7) is 4.45. The Labute approximate surface area is 109 Å². The molecule has 0 aliphatic heterocycles. The Balaban J connectivity index is 2.17. The molecule has 0 radical (unpaired) electrons. The highest BCUT2D eigenvalue weighted by Crippen LogP contribution is 2.49. The minimum absolute atomic E-state index is 0.248. The Bertz CT molecular complexity index is 517. The lowest BCUT2D eigenvalue weighted by atomic mass is 10.2. The molecule has 18 heavy (non-hydrogen) atoms. The van der Waals surface area contributed by atoms with Crippen molar-refractivity contribution in [2.45, 2.75) is 0 Å². The van der Waals surface area contributed by atoms with Crippen LogP contribution in [0.5, 0.6) is 0 Å². The molecule has 0 fully saturated rings. The highest BCUT2D eigenvalue weighted by molar-refractivity contribution is 7.82. The van der Waals surface area contributed by atoms with Crippen molar-refractivity contribution in [2.75, 3.05) is 19.5 Å². The van der Waals surface area contributed by atoms with Gasteiger partial charge >= 0.3 is 0 Å². The van der Waals surface area contributed by atoms with Gasteiger partial charge in [-0.1, -0.05) is 48.5 Å². The summed E-state index contributed by atoms with van der Waals surface area (Å²) in [5.41, 5.74) is 0.821. The zero-order valence-corrected chi connectivity index (χ0v) is 11.7. The van der Waals surface area contributed by atoms with E-state index in [0.29, 0.717) is 6.16 Å². The van der Waals surface area contributed by atoms with E-state index in [9.17, 15) is 4.79 Å². The van der Waals surface area contributed by atoms with Crippen LogP contribution >= 0.6 is 7.26 Å². The molecule has 2 aromatic carbocycles. The van der Waals surface area contributed by atoms with Gasteiger partial charge in [-0.2, -0.15) is 0 Å². The SMILES string of the molecule is C[P+](C)(CC(=O)c1ccccc1)c1ccccc1. The summed E-state index contributed by atoms with van der Waals surface area (Å²) >= 11 is 0. The largest absolute Gasteiger partial charge is 0.290 e. The predicted molar refractivity (Wildman–Crippen MR) is 80.5 cm³/mol. The number of benzene rings is 2. The molecular weight excluding hydrogens is 239 g/mol. The quantitative estimate of drug-likeness (QED) is 0.605. The second-order valence-electron chi connectivity index (χ2n) is 4.97. The maximum absolute atomic E-state index is 12.3. The first kappa shape index (κ1) is 13.0. The number of hydrogen-bond donors (Lipinski definition) is 0. The van der Waals surface area contributed by atoms with Crippen molar-refractivity contribution in [2.24, 2.45) is 0 Å². The van der Waals surface area contributed by atoms with E-state index in [-0.39, 0.29) is 5.78 Å². The van der Waals surface area contributed by atoms with Crippen molar-refractivity contribution in [3.63, 3.8) is 0 Å². The molecule has 0 bridgehead atoms. The summed E-state index contributed by atoms with van der Waals surface area (Å²) in [5.74, 6) is 0.248. The fourth-order valence-corrected chi connectivity index (χ4v) is 4.06. The number of carbonyl (C=O) groups excluding carboxylic acids is 1. The third kappa shape index (κ3) is 3.05. The molecule has 0 N–H and O–H groups in total. The molecule has 0 spiro atoms. The molecule has 0 unspecified atom stereocenters. The molecular formula is C16H18OP+. The van der Waals surface area contributed by atoms with E-state index < -0.39 is 7.26 Å². The summed E-state index contributed by atoms with van der Waals surface area (Å²) in [4.78, 5) is 12.3. The predicted octanol–water partition coefficient (Wildman–Crippen LogP) is 3.47. The molecule has 0 aliphatic carbocycles. The zero-order valence-electron chi connectivity index (χ0n) is 10.8. The second kappa shape index (κ2) is 5.46. The van der Waals surface area contributed by atoms with Gasteiger partial charge in [0, 0.05) is 12.8 Å². The molecule has 0 saturated carbocycles. The highest BCUT2D eigenvalue weighted by Gasteiger charge is 2.31. The fourth-order valence-electron chi connectivity index (χ4n) is 2.00. The maximum atomic E-state index is 12.3. The zero-order chi connectivity index (χ0) is 13.0. The third-order valence-corrected chi connectivity index (χ3v) is 5.86. The fraction of sp³-hybridized carbons (Fsp3) is 0.188. The van der Waals surface area contributed by atoms with Crippen molar-refractivity contribution >= 4 is 18.4 Å². The van der Waals surface area contributed by atoms with E-state index >= 15 is 0 Å². The average Bonchev–Trinajstić information content (AvgIpc) is 2.40. The minimum Gasteiger partial charge on any atom is -0.290 e. The van der Waals surface area contributed by atoms with Crippen LogP contribution in [0.2, 0.25) is 0 Å². The van der Waals surface area contributed by atoms with E-state index in [0.717, 1.165) is 5.56 Å². The van der Waals surface area contributed by atoms with Crippen molar-refractivity contribution in [1.29, 1.82) is 0 Å². The average molecular weight is 257 g/mol. The van der Waals surface area contributed by atoms with E-state index in [1.807, 2.05) is 48.5 Å². The topological polar surface area (TPSA) is 17.1 Å². The Kier molecular flexibility index (Phi) is 3.93. The molecule has 2 aromatic rings. The van der Waals surface area contributed by atoms with Gasteiger partial charge in [-0.3, -0.25) is 4.79 Å². The van der Waals surface area contributed by atoms with Crippen LogP contribution < -0.4 is 5.30 Å². The molecule has 1 nitrogen and oxygen atoms in total. The van der Waals surface area contributed by atoms with Gasteiger partial charge in [-0.15, -0.1) is 0 Å². The lowest BCUT2D eigenvalue weighted by Crippen LogP contribution is -2.17. The van der Waals surface area contributed by atoms with Gasteiger partial charge in [0.2, 0.25) is 0 Å². The van der Waals surface area contributed by atoms with E-state index in [1.165, 1.54) is 5.30 Å². The summed E-state index contributed by atoms with van der Waals surface area (Å²) < 4.78 is 0. The van der Waals surface area contributed by atoms with Gasteiger partial charge in [0.1, 0.15) is 6.16 Å². The van der Waals surface area contributed by atoms with Crippen LogP contribution in [0.15, 0.2) is 60.7 Å². The minimum atomic E-state index is -1.37. The smallest absolute Gasteiger partial charge is 0.200 e. The standard InChI is InChI=1S/C16H18OP/c1-18(2,15-11-7-4-8-12-15)13-16(17)14-9-5-3-6-10-14/h3-12H,13H2,1-2H3/q+1. The van der Waals surface area contributed by atoms with Crippen molar-refractivity contribution in [3.8, 4) is 0 Å². The molecule has 0 aliphatic rings. The Morgan fingerprint density at radius 1 is 0.889 bits per heavy atom. The van der Waals surface area contributed by atoms with Gasteiger partial charge in [0.25, 0.3) is 0 Å². The van der Waals surface area contributed by atoms with E-state index in [2.05, 4.69) is 25.5 Å². The van der Waals surface area contributed by atoms with Crippen molar-refractivity contribution < 1.29 is 4.79 Å². The summed E-state index contributed by atoms with van der Waals surface area (Å²) in [6, 6.07) is 19.9. The molecule has 0 aromatic heterocycles. The molecule has 92 valence electrons. The first-order valence-electron chi connectivity index (χ1n) is 6.06. The lowest BCUT2D eigenvalue weighted by molar-refractivity contribution is 0.102. The highest BCUT2D eigenvalue weighted by atomic mass is 31.2. The van der Waals surface area contributed by atoms with E-state index in [4.69, 9.17) is 0 Å². The third-order valence-electron chi connectivity index (χ3n) is 3.09. The van der Waals surface area contributed by atoms with E-state index in [1.54, 1.807) is 0 Å².